The predicted octanol–water partition coefficient (Wildman–Crippen LogP) is 3.20. The lowest BCUT2D eigenvalue weighted by Crippen LogP contribution is -2.42. The molecule has 2 bridgehead atoms. The Bertz CT molecular complexity index is 717. The van der Waals surface area contributed by atoms with Gasteiger partial charge in [-0.15, -0.1) is 11.3 Å². The van der Waals surface area contributed by atoms with E-state index in [-0.39, 0.29) is 11.9 Å². The normalized spacial score (nSPS) is 26.3. The molecule has 2 saturated heterocycles. The molecule has 1 amide bonds. The van der Waals surface area contributed by atoms with Crippen LogP contribution in [0.15, 0.2) is 34.9 Å². The lowest BCUT2D eigenvalue weighted by molar-refractivity contribution is 0.0935. The molecule has 2 N–H and O–H groups in total. The monoisotopic (exact) mass is 377 g/mol. The molecule has 1 aromatic carbocycles. The Morgan fingerprint density at radius 3 is 3.05 bits per heavy atom. The maximum absolute atomic E-state index is 12.4. The zero-order chi connectivity index (χ0) is 15.1. The average molecular weight is 378 g/mol. The summed E-state index contributed by atoms with van der Waals surface area (Å²) in [6.45, 7) is 0. The van der Waals surface area contributed by atoms with Crippen LogP contribution in [0.2, 0.25) is 0 Å². The number of amides is 1. The van der Waals surface area contributed by atoms with E-state index in [1.807, 2.05) is 24.3 Å². The minimum Gasteiger partial charge on any atom is -0.347 e. The third-order valence-corrected chi connectivity index (χ3v) is 5.96. The van der Waals surface area contributed by atoms with Crippen LogP contribution in [0.5, 0.6) is 0 Å². The van der Waals surface area contributed by atoms with Crippen LogP contribution in [-0.4, -0.2) is 29.0 Å². The van der Waals surface area contributed by atoms with Gasteiger partial charge in [0.1, 0.15) is 9.88 Å². The van der Waals surface area contributed by atoms with Gasteiger partial charge in [-0.3, -0.25) is 4.79 Å². The van der Waals surface area contributed by atoms with Crippen LogP contribution in [0, 0.1) is 0 Å². The molecule has 3 heterocycles. The van der Waals surface area contributed by atoms with Gasteiger partial charge >= 0.3 is 0 Å². The predicted molar refractivity (Wildman–Crippen MR) is 91.1 cm³/mol. The number of hydrogen-bond acceptors (Lipinski definition) is 4. The molecule has 4 nitrogen and oxygen atoms in total. The van der Waals surface area contributed by atoms with Crippen LogP contribution in [0.1, 0.15) is 28.9 Å². The van der Waals surface area contributed by atoms with Gasteiger partial charge in [-0.05, 0) is 31.4 Å². The Morgan fingerprint density at radius 2 is 2.32 bits per heavy atom. The van der Waals surface area contributed by atoms with Crippen molar-refractivity contribution in [1.29, 1.82) is 0 Å². The Hall–Kier alpha value is -1.24. The standard InChI is InChI=1S/C16H16BrN3OS/c17-10-3-1-2-9(6-10)16-18-8-14(22-16)15(21)20-13-7-11-4-5-12(13)19-11/h1-3,6,8,11-13,19H,4-5,7H2,(H,20,21). The third-order valence-electron chi connectivity index (χ3n) is 4.42. The van der Waals surface area contributed by atoms with E-state index < -0.39 is 0 Å². The number of hydrogen-bond donors (Lipinski definition) is 2. The van der Waals surface area contributed by atoms with Crippen LogP contribution in [0.4, 0.5) is 0 Å². The molecule has 4 rings (SSSR count). The van der Waals surface area contributed by atoms with E-state index in [1.165, 1.54) is 24.2 Å². The number of fused-ring (bicyclic) bond motifs is 2. The van der Waals surface area contributed by atoms with Crippen molar-refractivity contribution in [3.63, 3.8) is 0 Å². The van der Waals surface area contributed by atoms with E-state index in [9.17, 15) is 4.79 Å². The Balaban J connectivity index is 1.48. The molecule has 0 radical (unpaired) electrons. The van der Waals surface area contributed by atoms with Crippen molar-refractivity contribution in [2.24, 2.45) is 0 Å². The van der Waals surface area contributed by atoms with Gasteiger partial charge in [0.2, 0.25) is 0 Å². The van der Waals surface area contributed by atoms with E-state index >= 15 is 0 Å². The quantitative estimate of drug-likeness (QED) is 0.863. The number of halogens is 1. The molecular formula is C16H16BrN3OS. The van der Waals surface area contributed by atoms with E-state index in [2.05, 4.69) is 31.5 Å². The smallest absolute Gasteiger partial charge is 0.263 e. The van der Waals surface area contributed by atoms with Crippen molar-refractivity contribution in [1.82, 2.24) is 15.6 Å². The number of carbonyl (C=O) groups is 1. The summed E-state index contributed by atoms with van der Waals surface area (Å²) in [6, 6.07) is 9.28. The summed E-state index contributed by atoms with van der Waals surface area (Å²) in [5.41, 5.74) is 1.03. The zero-order valence-electron chi connectivity index (χ0n) is 11.9. The van der Waals surface area contributed by atoms with Gasteiger partial charge < -0.3 is 10.6 Å². The van der Waals surface area contributed by atoms with Gasteiger partial charge in [0.25, 0.3) is 5.91 Å². The fourth-order valence-electron chi connectivity index (χ4n) is 3.36. The molecule has 0 saturated carbocycles. The first kappa shape index (κ1) is 14.4. The van der Waals surface area contributed by atoms with Crippen LogP contribution >= 0.6 is 27.3 Å². The lowest BCUT2D eigenvalue weighted by Gasteiger charge is -2.20. The molecular weight excluding hydrogens is 362 g/mol. The summed E-state index contributed by atoms with van der Waals surface area (Å²) in [4.78, 5) is 17.5. The van der Waals surface area contributed by atoms with Crippen molar-refractivity contribution in [3.05, 3.63) is 39.8 Å². The Kier molecular flexibility index (Phi) is 3.76. The summed E-state index contributed by atoms with van der Waals surface area (Å²) in [5.74, 6) is -0.00176. The third kappa shape index (κ3) is 2.71. The highest BCUT2D eigenvalue weighted by Crippen LogP contribution is 2.30. The summed E-state index contributed by atoms with van der Waals surface area (Å²) in [5, 5.41) is 7.58. The van der Waals surface area contributed by atoms with Gasteiger partial charge in [0, 0.05) is 28.2 Å². The first-order valence-corrected chi connectivity index (χ1v) is 9.09. The molecule has 0 spiro atoms. The van der Waals surface area contributed by atoms with Gasteiger partial charge in [-0.2, -0.15) is 0 Å². The highest BCUT2D eigenvalue weighted by Gasteiger charge is 2.39. The molecule has 2 aliphatic rings. The number of carbonyl (C=O) groups excluding carboxylic acids is 1. The van der Waals surface area contributed by atoms with Crippen molar-refractivity contribution < 1.29 is 4.79 Å². The second-order valence-electron chi connectivity index (χ2n) is 5.90. The molecule has 1 aromatic heterocycles. The van der Waals surface area contributed by atoms with Crippen LogP contribution in [-0.2, 0) is 0 Å². The molecule has 3 unspecified atom stereocenters. The summed E-state index contributed by atoms with van der Waals surface area (Å²) in [7, 11) is 0. The number of nitrogens with zero attached hydrogens (tertiary/aromatic N) is 1. The van der Waals surface area contributed by atoms with Crippen LogP contribution in [0.25, 0.3) is 10.6 Å². The molecule has 0 aliphatic carbocycles. The molecule has 2 fully saturated rings. The zero-order valence-corrected chi connectivity index (χ0v) is 14.3. The van der Waals surface area contributed by atoms with E-state index in [4.69, 9.17) is 0 Å². The van der Waals surface area contributed by atoms with Crippen LogP contribution in [0.3, 0.4) is 0 Å². The Morgan fingerprint density at radius 1 is 1.41 bits per heavy atom. The number of thiazole rings is 1. The van der Waals surface area contributed by atoms with Gasteiger partial charge in [-0.25, -0.2) is 4.98 Å². The Labute approximate surface area is 141 Å². The van der Waals surface area contributed by atoms with Gasteiger partial charge in [-0.1, -0.05) is 28.1 Å². The second kappa shape index (κ2) is 5.76. The first-order chi connectivity index (χ1) is 10.7. The lowest BCUT2D eigenvalue weighted by atomic mass is 9.95. The summed E-state index contributed by atoms with van der Waals surface area (Å²) >= 11 is 4.90. The summed E-state index contributed by atoms with van der Waals surface area (Å²) < 4.78 is 1.01. The molecule has 22 heavy (non-hydrogen) atoms. The summed E-state index contributed by atoms with van der Waals surface area (Å²) in [6.07, 6.45) is 5.14. The molecule has 3 atom stereocenters. The minimum absolute atomic E-state index is 0.00176. The van der Waals surface area contributed by atoms with E-state index in [0.29, 0.717) is 17.0 Å². The maximum atomic E-state index is 12.4. The number of benzene rings is 1. The maximum Gasteiger partial charge on any atom is 0.263 e. The number of rotatable bonds is 3. The van der Waals surface area contributed by atoms with Gasteiger partial charge in [0.15, 0.2) is 0 Å². The van der Waals surface area contributed by atoms with Crippen molar-refractivity contribution in [3.8, 4) is 10.6 Å². The fraction of sp³-hybridized carbons (Fsp3) is 0.375. The average Bonchev–Trinajstić information content (AvgIpc) is 3.23. The SMILES string of the molecule is O=C(NC1CC2CCC1N2)c1cnc(-c2cccc(Br)c2)s1. The molecule has 2 aliphatic heterocycles. The van der Waals surface area contributed by atoms with E-state index in [1.54, 1.807) is 6.20 Å². The van der Waals surface area contributed by atoms with Crippen molar-refractivity contribution in [2.45, 2.75) is 37.4 Å². The van der Waals surface area contributed by atoms with Crippen LogP contribution < -0.4 is 10.6 Å². The van der Waals surface area contributed by atoms with E-state index in [0.717, 1.165) is 21.5 Å². The highest BCUT2D eigenvalue weighted by molar-refractivity contribution is 9.10. The first-order valence-electron chi connectivity index (χ1n) is 7.48. The molecule has 2 aromatic rings. The van der Waals surface area contributed by atoms with Crippen molar-refractivity contribution in [2.75, 3.05) is 0 Å². The number of nitrogens with one attached hydrogen (secondary N) is 2. The molecule has 6 heteroatoms. The molecule has 114 valence electrons. The highest BCUT2D eigenvalue weighted by atomic mass is 79.9. The fourth-order valence-corrected chi connectivity index (χ4v) is 4.57. The van der Waals surface area contributed by atoms with Crippen molar-refractivity contribution >= 4 is 33.2 Å². The minimum atomic E-state index is -0.00176. The van der Waals surface area contributed by atoms with Gasteiger partial charge in [0.05, 0.1) is 6.20 Å². The largest absolute Gasteiger partial charge is 0.347 e. The number of aromatic nitrogens is 1. The topological polar surface area (TPSA) is 54.0 Å². The second-order valence-corrected chi connectivity index (χ2v) is 7.85.